The van der Waals surface area contributed by atoms with Gasteiger partial charge in [0.1, 0.15) is 5.82 Å². The molecule has 5 nitrogen and oxygen atoms in total. The SMILES string of the molecule is O=C1CC(c2noc(-c3cccc(F)c3)n2)CN1c1ccc(C(F)(F)F)cc1. The average molecular weight is 391 g/mol. The number of hydrogen-bond acceptors (Lipinski definition) is 4. The van der Waals surface area contributed by atoms with Crippen LogP contribution < -0.4 is 4.90 Å². The molecule has 0 bridgehead atoms. The molecule has 1 aromatic heterocycles. The number of benzene rings is 2. The number of rotatable bonds is 3. The molecule has 1 amide bonds. The monoisotopic (exact) mass is 391 g/mol. The first-order valence-corrected chi connectivity index (χ1v) is 8.38. The highest BCUT2D eigenvalue weighted by Crippen LogP contribution is 2.34. The van der Waals surface area contributed by atoms with Crippen LogP contribution in [0.3, 0.4) is 0 Å². The topological polar surface area (TPSA) is 59.2 Å². The smallest absolute Gasteiger partial charge is 0.334 e. The molecular weight excluding hydrogens is 378 g/mol. The molecule has 3 aromatic rings. The fourth-order valence-electron chi connectivity index (χ4n) is 3.10. The fourth-order valence-corrected chi connectivity index (χ4v) is 3.10. The molecule has 0 saturated carbocycles. The fraction of sp³-hybridized carbons (Fsp3) is 0.211. The van der Waals surface area contributed by atoms with Crippen molar-refractivity contribution < 1.29 is 26.9 Å². The van der Waals surface area contributed by atoms with Crippen molar-refractivity contribution in [2.75, 3.05) is 11.4 Å². The van der Waals surface area contributed by atoms with Gasteiger partial charge in [-0.1, -0.05) is 11.2 Å². The molecule has 2 heterocycles. The van der Waals surface area contributed by atoms with Crippen LogP contribution in [0.4, 0.5) is 23.2 Å². The summed E-state index contributed by atoms with van der Waals surface area (Å²) in [5, 5.41) is 3.88. The van der Waals surface area contributed by atoms with Crippen molar-refractivity contribution in [2.45, 2.75) is 18.5 Å². The summed E-state index contributed by atoms with van der Waals surface area (Å²) in [5.41, 5.74) is 0.00867. The number of anilines is 1. The number of halogens is 4. The molecule has 9 heteroatoms. The number of nitrogens with zero attached hydrogens (tertiary/aromatic N) is 3. The van der Waals surface area contributed by atoms with Crippen LogP contribution in [0.1, 0.15) is 23.7 Å². The third kappa shape index (κ3) is 3.47. The molecule has 0 aliphatic carbocycles. The first-order valence-electron chi connectivity index (χ1n) is 8.38. The Balaban J connectivity index is 1.52. The Morgan fingerprint density at radius 3 is 2.54 bits per heavy atom. The number of aromatic nitrogens is 2. The van der Waals surface area contributed by atoms with E-state index in [1.165, 1.54) is 35.2 Å². The summed E-state index contributed by atoms with van der Waals surface area (Å²) < 4.78 is 56.6. The van der Waals surface area contributed by atoms with Crippen molar-refractivity contribution in [3.8, 4) is 11.5 Å². The number of alkyl halides is 3. The summed E-state index contributed by atoms with van der Waals surface area (Å²) in [6.45, 7) is 0.215. The van der Waals surface area contributed by atoms with Crippen molar-refractivity contribution >= 4 is 11.6 Å². The minimum absolute atomic E-state index is 0.100. The van der Waals surface area contributed by atoms with E-state index < -0.39 is 17.6 Å². The Kier molecular flexibility index (Phi) is 4.37. The standard InChI is InChI=1S/C19H13F4N3O2/c20-14-3-1-2-11(8-14)18-24-17(25-28-18)12-9-16(27)26(10-12)15-6-4-13(5-7-15)19(21,22)23/h1-8,12H,9-10H2. The number of hydrogen-bond donors (Lipinski definition) is 0. The zero-order valence-electron chi connectivity index (χ0n) is 14.3. The van der Waals surface area contributed by atoms with Crippen molar-refractivity contribution in [1.29, 1.82) is 0 Å². The summed E-state index contributed by atoms with van der Waals surface area (Å²) in [5.74, 6) is -0.638. The summed E-state index contributed by atoms with van der Waals surface area (Å²) in [7, 11) is 0. The van der Waals surface area contributed by atoms with Crippen molar-refractivity contribution in [1.82, 2.24) is 10.1 Å². The summed E-state index contributed by atoms with van der Waals surface area (Å²) in [6.07, 6.45) is -4.34. The Hall–Kier alpha value is -3.23. The Bertz CT molecular complexity index is 1010. The van der Waals surface area contributed by atoms with Gasteiger partial charge in [-0.05, 0) is 42.5 Å². The van der Waals surface area contributed by atoms with Crippen LogP contribution in [0.5, 0.6) is 0 Å². The third-order valence-corrected chi connectivity index (χ3v) is 4.51. The number of carbonyl (C=O) groups excluding carboxylic acids is 1. The van der Waals surface area contributed by atoms with Gasteiger partial charge in [0.05, 0.1) is 5.56 Å². The molecule has 144 valence electrons. The molecule has 1 aliphatic rings. The van der Waals surface area contributed by atoms with Gasteiger partial charge in [-0.2, -0.15) is 18.2 Å². The Morgan fingerprint density at radius 2 is 1.86 bits per heavy atom. The molecule has 0 N–H and O–H groups in total. The van der Waals surface area contributed by atoms with E-state index in [9.17, 15) is 22.4 Å². The molecule has 1 aliphatic heterocycles. The molecule has 0 radical (unpaired) electrons. The predicted molar refractivity (Wildman–Crippen MR) is 90.8 cm³/mol. The molecule has 0 spiro atoms. The van der Waals surface area contributed by atoms with Gasteiger partial charge in [-0.15, -0.1) is 0 Å². The van der Waals surface area contributed by atoms with Gasteiger partial charge in [0, 0.05) is 30.1 Å². The third-order valence-electron chi connectivity index (χ3n) is 4.51. The molecule has 28 heavy (non-hydrogen) atoms. The maximum Gasteiger partial charge on any atom is 0.416 e. The minimum Gasteiger partial charge on any atom is -0.334 e. The summed E-state index contributed by atoms with van der Waals surface area (Å²) in [4.78, 5) is 18.0. The van der Waals surface area contributed by atoms with E-state index >= 15 is 0 Å². The van der Waals surface area contributed by atoms with Gasteiger partial charge >= 0.3 is 6.18 Å². The van der Waals surface area contributed by atoms with Crippen LogP contribution in [0, 0.1) is 5.82 Å². The van der Waals surface area contributed by atoms with Crippen LogP contribution in [-0.2, 0) is 11.0 Å². The lowest BCUT2D eigenvalue weighted by Gasteiger charge is -2.17. The van der Waals surface area contributed by atoms with E-state index in [1.54, 1.807) is 6.07 Å². The van der Waals surface area contributed by atoms with Gasteiger partial charge in [-0.25, -0.2) is 4.39 Å². The molecule has 1 saturated heterocycles. The second-order valence-corrected chi connectivity index (χ2v) is 6.42. The van der Waals surface area contributed by atoms with Gasteiger partial charge < -0.3 is 9.42 Å². The highest BCUT2D eigenvalue weighted by atomic mass is 19.4. The van der Waals surface area contributed by atoms with E-state index in [2.05, 4.69) is 10.1 Å². The molecule has 1 atom stereocenters. The lowest BCUT2D eigenvalue weighted by Crippen LogP contribution is -2.24. The van der Waals surface area contributed by atoms with Crippen LogP contribution in [0.2, 0.25) is 0 Å². The Morgan fingerprint density at radius 1 is 1.11 bits per heavy atom. The van der Waals surface area contributed by atoms with Crippen LogP contribution in [0.25, 0.3) is 11.5 Å². The van der Waals surface area contributed by atoms with E-state index in [1.807, 2.05) is 0 Å². The Labute approximate surface area is 156 Å². The summed E-state index contributed by atoms with van der Waals surface area (Å²) in [6, 6.07) is 10.1. The lowest BCUT2D eigenvalue weighted by atomic mass is 10.1. The van der Waals surface area contributed by atoms with Crippen LogP contribution in [-0.4, -0.2) is 22.6 Å². The minimum atomic E-state index is -4.44. The first-order chi connectivity index (χ1) is 13.3. The molecule has 1 fully saturated rings. The van der Waals surface area contributed by atoms with E-state index in [4.69, 9.17) is 4.52 Å². The summed E-state index contributed by atoms with van der Waals surface area (Å²) >= 11 is 0. The van der Waals surface area contributed by atoms with Crippen molar-refractivity contribution in [2.24, 2.45) is 0 Å². The molecule has 1 unspecified atom stereocenters. The highest BCUT2D eigenvalue weighted by Gasteiger charge is 2.35. The zero-order chi connectivity index (χ0) is 19.9. The van der Waals surface area contributed by atoms with Crippen LogP contribution in [0.15, 0.2) is 53.1 Å². The number of amides is 1. The predicted octanol–water partition coefficient (Wildman–Crippen LogP) is 4.42. The quantitative estimate of drug-likeness (QED) is 0.621. The zero-order valence-corrected chi connectivity index (χ0v) is 14.3. The maximum absolute atomic E-state index is 13.3. The largest absolute Gasteiger partial charge is 0.416 e. The molecular formula is C19H13F4N3O2. The maximum atomic E-state index is 13.3. The van der Waals surface area contributed by atoms with E-state index in [0.29, 0.717) is 17.1 Å². The second kappa shape index (κ2) is 6.74. The molecule has 2 aromatic carbocycles. The van der Waals surface area contributed by atoms with Crippen molar-refractivity contribution in [3.63, 3.8) is 0 Å². The highest BCUT2D eigenvalue weighted by molar-refractivity contribution is 5.96. The van der Waals surface area contributed by atoms with Gasteiger partial charge in [0.15, 0.2) is 5.82 Å². The van der Waals surface area contributed by atoms with Crippen molar-refractivity contribution in [3.05, 3.63) is 65.7 Å². The normalized spacial score (nSPS) is 17.4. The van der Waals surface area contributed by atoms with Crippen LogP contribution >= 0.6 is 0 Å². The lowest BCUT2D eigenvalue weighted by molar-refractivity contribution is -0.137. The first kappa shape index (κ1) is 18.1. The molecule has 4 rings (SSSR count). The van der Waals surface area contributed by atoms with Gasteiger partial charge in [-0.3, -0.25) is 4.79 Å². The van der Waals surface area contributed by atoms with E-state index in [0.717, 1.165) is 12.1 Å². The second-order valence-electron chi connectivity index (χ2n) is 6.42. The average Bonchev–Trinajstić information content (AvgIpc) is 3.28. The van der Waals surface area contributed by atoms with Gasteiger partial charge in [0.2, 0.25) is 5.91 Å². The number of carbonyl (C=O) groups is 1. The van der Waals surface area contributed by atoms with E-state index in [-0.39, 0.29) is 30.7 Å². The van der Waals surface area contributed by atoms with Gasteiger partial charge in [0.25, 0.3) is 5.89 Å².